The molecule has 2 aromatic rings. The normalized spacial score (nSPS) is 10.0. The van der Waals surface area contributed by atoms with E-state index in [-0.39, 0.29) is 16.8 Å². The molecule has 0 atom stereocenters. The number of anilines is 1. The monoisotopic (exact) mass is 291 g/mol. The highest BCUT2D eigenvalue weighted by Crippen LogP contribution is 2.21. The fourth-order valence-corrected chi connectivity index (χ4v) is 1.66. The second-order valence-electron chi connectivity index (χ2n) is 4.16. The van der Waals surface area contributed by atoms with Gasteiger partial charge in [-0.3, -0.25) is 4.79 Å². The lowest BCUT2D eigenvalue weighted by molar-refractivity contribution is 0.102. The molecule has 1 amide bonds. The molecule has 1 N–H and O–H groups in total. The molecule has 21 heavy (non-hydrogen) atoms. The summed E-state index contributed by atoms with van der Waals surface area (Å²) in [6, 6.07) is 4.98. The summed E-state index contributed by atoms with van der Waals surface area (Å²) in [5.41, 5.74) is -0.482. The zero-order valence-corrected chi connectivity index (χ0v) is 10.7. The van der Waals surface area contributed by atoms with Gasteiger partial charge in [0, 0.05) is 17.4 Å². The maximum Gasteiger partial charge on any atom is 0.258 e. The van der Waals surface area contributed by atoms with Crippen LogP contribution in [0.15, 0.2) is 24.4 Å². The summed E-state index contributed by atoms with van der Waals surface area (Å²) in [4.78, 5) is 15.0. The number of rotatable bonds is 2. The number of halogens is 3. The standard InChI is InChI=1S/C14H8F3N3O/c1-7-10(15)4-8(6-18)5-11(7)20-14(21)9-2-3-19-13(17)12(9)16/h2-5H,1H3,(H,20,21). The van der Waals surface area contributed by atoms with E-state index in [9.17, 15) is 18.0 Å². The minimum absolute atomic E-state index is 0.00483. The molecule has 0 saturated heterocycles. The summed E-state index contributed by atoms with van der Waals surface area (Å²) in [5.74, 6) is -4.46. The Balaban J connectivity index is 2.39. The number of nitriles is 1. The molecule has 4 nitrogen and oxygen atoms in total. The van der Waals surface area contributed by atoms with E-state index in [1.807, 2.05) is 0 Å². The van der Waals surface area contributed by atoms with Crippen LogP contribution in [0, 0.1) is 35.8 Å². The van der Waals surface area contributed by atoms with Gasteiger partial charge in [-0.15, -0.1) is 0 Å². The zero-order chi connectivity index (χ0) is 15.6. The van der Waals surface area contributed by atoms with Crippen LogP contribution in [-0.2, 0) is 0 Å². The average Bonchev–Trinajstić information content (AvgIpc) is 2.46. The van der Waals surface area contributed by atoms with Gasteiger partial charge in [0.1, 0.15) is 5.82 Å². The third kappa shape index (κ3) is 2.84. The Hall–Kier alpha value is -2.88. The smallest absolute Gasteiger partial charge is 0.258 e. The van der Waals surface area contributed by atoms with Crippen LogP contribution in [0.1, 0.15) is 21.5 Å². The summed E-state index contributed by atoms with van der Waals surface area (Å²) < 4.78 is 40.0. The van der Waals surface area contributed by atoms with E-state index in [0.29, 0.717) is 0 Å². The number of nitrogens with zero attached hydrogens (tertiary/aromatic N) is 2. The molecule has 0 saturated carbocycles. The van der Waals surface area contributed by atoms with Crippen LogP contribution in [0.25, 0.3) is 0 Å². The topological polar surface area (TPSA) is 65.8 Å². The molecule has 0 aliphatic rings. The van der Waals surface area contributed by atoms with Crippen LogP contribution in [-0.4, -0.2) is 10.9 Å². The number of benzene rings is 1. The van der Waals surface area contributed by atoms with Crippen molar-refractivity contribution in [2.45, 2.75) is 6.92 Å². The van der Waals surface area contributed by atoms with Crippen LogP contribution in [0.5, 0.6) is 0 Å². The second kappa shape index (κ2) is 5.63. The van der Waals surface area contributed by atoms with Crippen molar-refractivity contribution in [3.63, 3.8) is 0 Å². The molecule has 106 valence electrons. The van der Waals surface area contributed by atoms with Gasteiger partial charge in [-0.2, -0.15) is 9.65 Å². The summed E-state index contributed by atoms with van der Waals surface area (Å²) in [6.07, 6.45) is 0.937. The Kier molecular flexibility index (Phi) is 3.89. The molecule has 0 aliphatic heterocycles. The van der Waals surface area contributed by atoms with Crippen molar-refractivity contribution in [2.75, 3.05) is 5.32 Å². The van der Waals surface area contributed by atoms with Gasteiger partial charge < -0.3 is 5.32 Å². The SMILES string of the molecule is Cc1c(F)cc(C#N)cc1NC(=O)c1ccnc(F)c1F. The van der Waals surface area contributed by atoms with E-state index in [2.05, 4.69) is 10.3 Å². The highest BCUT2D eigenvalue weighted by Gasteiger charge is 2.18. The van der Waals surface area contributed by atoms with E-state index < -0.39 is 29.1 Å². The van der Waals surface area contributed by atoms with Gasteiger partial charge in [0.15, 0.2) is 5.82 Å². The molecule has 1 heterocycles. The van der Waals surface area contributed by atoms with E-state index in [1.54, 1.807) is 6.07 Å². The van der Waals surface area contributed by atoms with Crippen molar-refractivity contribution in [3.05, 3.63) is 58.7 Å². The number of pyridine rings is 1. The number of carbonyl (C=O) groups is 1. The lowest BCUT2D eigenvalue weighted by Crippen LogP contribution is -2.16. The van der Waals surface area contributed by atoms with Gasteiger partial charge in [-0.25, -0.2) is 13.8 Å². The third-order valence-electron chi connectivity index (χ3n) is 2.81. The van der Waals surface area contributed by atoms with E-state index >= 15 is 0 Å². The predicted molar refractivity (Wildman–Crippen MR) is 68.0 cm³/mol. The molecule has 0 radical (unpaired) electrons. The zero-order valence-electron chi connectivity index (χ0n) is 10.7. The number of hydrogen-bond acceptors (Lipinski definition) is 3. The molecular formula is C14H8F3N3O. The van der Waals surface area contributed by atoms with Crippen LogP contribution in [0.2, 0.25) is 0 Å². The quantitative estimate of drug-likeness (QED) is 0.865. The van der Waals surface area contributed by atoms with Gasteiger partial charge in [0.05, 0.1) is 17.2 Å². The van der Waals surface area contributed by atoms with Crippen molar-refractivity contribution >= 4 is 11.6 Å². The maximum absolute atomic E-state index is 13.6. The Morgan fingerprint density at radius 1 is 1.33 bits per heavy atom. The molecular weight excluding hydrogens is 283 g/mol. The minimum Gasteiger partial charge on any atom is -0.322 e. The van der Waals surface area contributed by atoms with Crippen LogP contribution in [0.4, 0.5) is 18.9 Å². The first kappa shape index (κ1) is 14.5. The fourth-order valence-electron chi connectivity index (χ4n) is 1.66. The van der Waals surface area contributed by atoms with E-state index in [4.69, 9.17) is 5.26 Å². The van der Waals surface area contributed by atoms with Gasteiger partial charge in [0.2, 0.25) is 5.95 Å². The average molecular weight is 291 g/mol. The van der Waals surface area contributed by atoms with Gasteiger partial charge in [-0.1, -0.05) is 0 Å². The summed E-state index contributed by atoms with van der Waals surface area (Å²) in [7, 11) is 0. The Morgan fingerprint density at radius 2 is 2.05 bits per heavy atom. The largest absolute Gasteiger partial charge is 0.322 e. The molecule has 0 spiro atoms. The van der Waals surface area contributed by atoms with Crippen molar-refractivity contribution in [2.24, 2.45) is 0 Å². The van der Waals surface area contributed by atoms with E-state index in [0.717, 1.165) is 18.3 Å². The van der Waals surface area contributed by atoms with Crippen molar-refractivity contribution < 1.29 is 18.0 Å². The number of carbonyl (C=O) groups excluding carboxylic acids is 1. The molecule has 0 unspecified atom stereocenters. The first-order valence-corrected chi connectivity index (χ1v) is 5.75. The maximum atomic E-state index is 13.6. The van der Waals surface area contributed by atoms with Crippen LogP contribution < -0.4 is 5.32 Å². The van der Waals surface area contributed by atoms with Crippen molar-refractivity contribution in [1.82, 2.24) is 4.98 Å². The third-order valence-corrected chi connectivity index (χ3v) is 2.81. The first-order valence-electron chi connectivity index (χ1n) is 5.75. The molecule has 0 bridgehead atoms. The lowest BCUT2D eigenvalue weighted by atomic mass is 10.1. The molecule has 2 rings (SSSR count). The van der Waals surface area contributed by atoms with Gasteiger partial charge in [0.25, 0.3) is 5.91 Å². The number of amides is 1. The van der Waals surface area contributed by atoms with Gasteiger partial charge >= 0.3 is 0 Å². The first-order chi connectivity index (χ1) is 9.93. The minimum atomic E-state index is -1.41. The number of aromatic nitrogens is 1. The van der Waals surface area contributed by atoms with Gasteiger partial charge in [-0.05, 0) is 25.1 Å². The molecule has 1 aromatic carbocycles. The fraction of sp³-hybridized carbons (Fsp3) is 0.0714. The number of nitrogens with one attached hydrogen (secondary N) is 1. The molecule has 0 aliphatic carbocycles. The van der Waals surface area contributed by atoms with Crippen molar-refractivity contribution in [1.29, 1.82) is 5.26 Å². The van der Waals surface area contributed by atoms with Crippen molar-refractivity contribution in [3.8, 4) is 6.07 Å². The Morgan fingerprint density at radius 3 is 2.71 bits per heavy atom. The molecule has 0 fully saturated rings. The van der Waals surface area contributed by atoms with E-state index in [1.165, 1.54) is 13.0 Å². The highest BCUT2D eigenvalue weighted by atomic mass is 19.2. The number of hydrogen-bond donors (Lipinski definition) is 1. The van der Waals surface area contributed by atoms with Crippen LogP contribution in [0.3, 0.4) is 0 Å². The Labute approximate surface area is 117 Å². The predicted octanol–water partition coefficient (Wildman–Crippen LogP) is 2.93. The molecule has 7 heteroatoms. The van der Waals surface area contributed by atoms with Crippen LogP contribution >= 0.6 is 0 Å². The Bertz CT molecular complexity index is 769. The molecule has 1 aromatic heterocycles. The summed E-state index contributed by atoms with van der Waals surface area (Å²) in [5, 5.41) is 11.0. The summed E-state index contributed by atoms with van der Waals surface area (Å²) >= 11 is 0. The summed E-state index contributed by atoms with van der Waals surface area (Å²) in [6.45, 7) is 1.38. The second-order valence-corrected chi connectivity index (χ2v) is 4.16. The lowest BCUT2D eigenvalue weighted by Gasteiger charge is -2.10. The highest BCUT2D eigenvalue weighted by molar-refractivity contribution is 6.04.